The molecule has 5 heteroatoms. The van der Waals surface area contributed by atoms with Gasteiger partial charge in [0.05, 0.1) is 12.4 Å². The molecule has 0 fully saturated rings. The average Bonchev–Trinajstić information content (AvgIpc) is 2.04. The molecule has 1 N–H and O–H groups in total. The van der Waals surface area contributed by atoms with Gasteiger partial charge in [-0.2, -0.15) is 0 Å². The quantitative estimate of drug-likeness (QED) is 0.533. The first-order valence-corrected chi connectivity index (χ1v) is 3.14. The van der Waals surface area contributed by atoms with Gasteiger partial charge in [0, 0.05) is 0 Å². The Morgan fingerprint density at radius 1 is 1.55 bits per heavy atom. The van der Waals surface area contributed by atoms with Gasteiger partial charge in [0.2, 0.25) is 5.96 Å². The van der Waals surface area contributed by atoms with E-state index < -0.39 is 0 Å². The van der Waals surface area contributed by atoms with E-state index in [2.05, 4.69) is 15.0 Å². The number of nitrogens with zero attached hydrogens (tertiary/aromatic N) is 4. The second-order valence-electron chi connectivity index (χ2n) is 2.15. The SMILES string of the molecule is OC1=CN2CN=CN=C2N=C1. The Bertz CT molecular complexity index is 289. The number of allylic oxidation sites excluding steroid dienone is 1. The third-order valence-electron chi connectivity index (χ3n) is 1.35. The molecule has 0 aromatic carbocycles. The predicted octanol–water partition coefficient (Wildman–Crippen LogP) is 0.128. The van der Waals surface area contributed by atoms with Crippen LogP contribution in [0.1, 0.15) is 0 Å². The van der Waals surface area contributed by atoms with Gasteiger partial charge in [-0.1, -0.05) is 0 Å². The summed E-state index contributed by atoms with van der Waals surface area (Å²) in [5, 5.41) is 9.01. The summed E-state index contributed by atoms with van der Waals surface area (Å²) >= 11 is 0. The number of aliphatic imine (C=N–C) groups is 3. The topological polar surface area (TPSA) is 60.5 Å². The maximum Gasteiger partial charge on any atom is 0.232 e. The van der Waals surface area contributed by atoms with Gasteiger partial charge in [-0.15, -0.1) is 0 Å². The highest BCUT2D eigenvalue weighted by Crippen LogP contribution is 2.05. The smallest absolute Gasteiger partial charge is 0.232 e. The fourth-order valence-electron chi connectivity index (χ4n) is 0.877. The minimum Gasteiger partial charge on any atom is -0.505 e. The minimum absolute atomic E-state index is 0.126. The van der Waals surface area contributed by atoms with Gasteiger partial charge >= 0.3 is 0 Å². The number of guanidine groups is 1. The molecule has 0 amide bonds. The van der Waals surface area contributed by atoms with Gasteiger partial charge in [0.25, 0.3) is 0 Å². The van der Waals surface area contributed by atoms with Crippen molar-refractivity contribution < 1.29 is 5.11 Å². The molecule has 0 radical (unpaired) electrons. The number of aliphatic hydroxyl groups is 1. The van der Waals surface area contributed by atoms with Crippen molar-refractivity contribution in [2.75, 3.05) is 6.67 Å². The van der Waals surface area contributed by atoms with Crippen LogP contribution in [0.15, 0.2) is 26.9 Å². The van der Waals surface area contributed by atoms with E-state index in [4.69, 9.17) is 5.11 Å². The first kappa shape index (κ1) is 6.09. The molecule has 0 spiro atoms. The van der Waals surface area contributed by atoms with Gasteiger partial charge in [0.1, 0.15) is 18.8 Å². The van der Waals surface area contributed by atoms with Gasteiger partial charge in [0.15, 0.2) is 0 Å². The van der Waals surface area contributed by atoms with Crippen LogP contribution in [0.5, 0.6) is 0 Å². The van der Waals surface area contributed by atoms with Crippen molar-refractivity contribution >= 4 is 18.5 Å². The van der Waals surface area contributed by atoms with Crippen LogP contribution in [0, 0.1) is 0 Å². The van der Waals surface area contributed by atoms with Gasteiger partial charge < -0.3 is 5.11 Å². The highest BCUT2D eigenvalue weighted by atomic mass is 16.3. The second kappa shape index (κ2) is 2.19. The summed E-state index contributed by atoms with van der Waals surface area (Å²) in [4.78, 5) is 13.3. The molecule has 2 rings (SSSR count). The Kier molecular flexibility index (Phi) is 1.21. The van der Waals surface area contributed by atoms with E-state index in [9.17, 15) is 0 Å². The molecule has 0 saturated heterocycles. The third-order valence-corrected chi connectivity index (χ3v) is 1.35. The summed E-state index contributed by atoms with van der Waals surface area (Å²) in [5.41, 5.74) is 0. The van der Waals surface area contributed by atoms with Gasteiger partial charge in [-0.25, -0.2) is 9.98 Å². The molecule has 5 nitrogen and oxygen atoms in total. The monoisotopic (exact) mass is 150 g/mol. The molecule has 0 atom stereocenters. The molecule has 2 aliphatic heterocycles. The van der Waals surface area contributed by atoms with E-state index in [1.807, 2.05) is 0 Å². The van der Waals surface area contributed by atoms with E-state index in [0.717, 1.165) is 0 Å². The Balaban J connectivity index is 2.33. The van der Waals surface area contributed by atoms with Crippen molar-refractivity contribution in [3.05, 3.63) is 12.0 Å². The Hall–Kier alpha value is -1.65. The van der Waals surface area contributed by atoms with Crippen molar-refractivity contribution in [2.24, 2.45) is 15.0 Å². The molecule has 2 heterocycles. The maximum absolute atomic E-state index is 9.01. The van der Waals surface area contributed by atoms with Gasteiger partial charge in [-0.3, -0.25) is 9.89 Å². The first-order chi connectivity index (χ1) is 5.36. The van der Waals surface area contributed by atoms with E-state index in [1.165, 1.54) is 12.6 Å². The predicted molar refractivity (Wildman–Crippen MR) is 41.8 cm³/mol. The van der Waals surface area contributed by atoms with Crippen LogP contribution in [-0.4, -0.2) is 35.2 Å². The van der Waals surface area contributed by atoms with Gasteiger partial charge in [-0.05, 0) is 0 Å². The van der Waals surface area contributed by atoms with Crippen LogP contribution in [0.25, 0.3) is 0 Å². The van der Waals surface area contributed by atoms with Crippen molar-refractivity contribution in [3.63, 3.8) is 0 Å². The zero-order valence-electron chi connectivity index (χ0n) is 5.68. The molecule has 0 saturated carbocycles. The van der Waals surface area contributed by atoms with Crippen molar-refractivity contribution in [1.82, 2.24) is 4.90 Å². The molecule has 0 aromatic rings. The van der Waals surface area contributed by atoms with Crippen molar-refractivity contribution in [3.8, 4) is 0 Å². The van der Waals surface area contributed by atoms with Crippen molar-refractivity contribution in [2.45, 2.75) is 0 Å². The average molecular weight is 150 g/mol. The number of fused-ring (bicyclic) bond motifs is 1. The summed E-state index contributed by atoms with van der Waals surface area (Å²) in [6.45, 7) is 0.472. The fourth-order valence-corrected chi connectivity index (χ4v) is 0.877. The van der Waals surface area contributed by atoms with Crippen LogP contribution in [0.2, 0.25) is 0 Å². The molecule has 11 heavy (non-hydrogen) atoms. The Labute approximate surface area is 63.1 Å². The number of rotatable bonds is 0. The minimum atomic E-state index is 0.126. The standard InChI is InChI=1S/C6H6N4O/c11-5-1-8-6-9-3-7-4-10(6)2-5/h1-3,11H,4H2. The lowest BCUT2D eigenvalue weighted by atomic mass is 10.5. The zero-order valence-corrected chi connectivity index (χ0v) is 5.68. The number of hydrogen-bond donors (Lipinski definition) is 1. The van der Waals surface area contributed by atoms with Crippen LogP contribution in [0.3, 0.4) is 0 Å². The summed E-state index contributed by atoms with van der Waals surface area (Å²) in [7, 11) is 0. The Morgan fingerprint density at radius 3 is 3.36 bits per heavy atom. The highest BCUT2D eigenvalue weighted by molar-refractivity contribution is 5.99. The summed E-state index contributed by atoms with van der Waals surface area (Å²) in [6.07, 6.45) is 4.36. The molecule has 0 bridgehead atoms. The molecule has 0 aromatic heterocycles. The molecule has 0 aliphatic carbocycles. The van der Waals surface area contributed by atoms with E-state index in [1.54, 1.807) is 11.1 Å². The summed E-state index contributed by atoms with van der Waals surface area (Å²) < 4.78 is 0. The van der Waals surface area contributed by atoms with Crippen LogP contribution >= 0.6 is 0 Å². The molecular weight excluding hydrogens is 144 g/mol. The molecule has 0 unspecified atom stereocenters. The Morgan fingerprint density at radius 2 is 2.45 bits per heavy atom. The normalized spacial score (nSPS) is 20.9. The van der Waals surface area contributed by atoms with Crippen molar-refractivity contribution in [1.29, 1.82) is 0 Å². The lowest BCUT2D eigenvalue weighted by molar-refractivity contribution is 0.419. The van der Waals surface area contributed by atoms with Crippen LogP contribution in [-0.2, 0) is 0 Å². The second-order valence-corrected chi connectivity index (χ2v) is 2.15. The molecule has 2 aliphatic rings. The third kappa shape index (κ3) is 1.000. The van der Waals surface area contributed by atoms with E-state index >= 15 is 0 Å². The molecular formula is C6H6N4O. The van der Waals surface area contributed by atoms with Crippen LogP contribution in [0.4, 0.5) is 0 Å². The van der Waals surface area contributed by atoms with E-state index in [0.29, 0.717) is 12.6 Å². The molecule has 56 valence electrons. The fraction of sp³-hybridized carbons (Fsp3) is 0.167. The summed E-state index contributed by atoms with van der Waals surface area (Å²) in [5.74, 6) is 0.693. The largest absolute Gasteiger partial charge is 0.505 e. The lowest BCUT2D eigenvalue weighted by Crippen LogP contribution is -2.30. The first-order valence-electron chi connectivity index (χ1n) is 3.14. The zero-order chi connectivity index (χ0) is 7.68. The number of aliphatic hydroxyl groups excluding tert-OH is 1. The maximum atomic E-state index is 9.01. The van der Waals surface area contributed by atoms with E-state index in [-0.39, 0.29) is 5.76 Å². The lowest BCUT2D eigenvalue weighted by Gasteiger charge is -2.20. The summed E-state index contributed by atoms with van der Waals surface area (Å²) in [6, 6.07) is 0. The number of hydrogen-bond acceptors (Lipinski definition) is 5. The highest BCUT2D eigenvalue weighted by Gasteiger charge is 2.13. The van der Waals surface area contributed by atoms with Crippen LogP contribution < -0.4 is 0 Å².